The van der Waals surface area contributed by atoms with Gasteiger partial charge in [-0.05, 0) is 28.1 Å². The van der Waals surface area contributed by atoms with Gasteiger partial charge in [-0.1, -0.05) is 22.1 Å². The molecule has 0 aromatic heterocycles. The summed E-state index contributed by atoms with van der Waals surface area (Å²) < 4.78 is 25.5. The number of benzene rings is 1. The summed E-state index contributed by atoms with van der Waals surface area (Å²) in [5.74, 6) is 0. The van der Waals surface area contributed by atoms with E-state index in [1.54, 1.807) is 12.1 Å². The van der Waals surface area contributed by atoms with Gasteiger partial charge in [0.2, 0.25) is 0 Å². The molecule has 0 radical (unpaired) electrons. The molecule has 0 saturated carbocycles. The molecule has 0 spiro atoms. The second-order valence-electron chi connectivity index (χ2n) is 3.49. The molecule has 1 aromatic carbocycles. The molecule has 1 unspecified atom stereocenters. The fourth-order valence-corrected chi connectivity index (χ4v) is 4.41. The molecule has 1 aliphatic rings. The van der Waals surface area contributed by atoms with Crippen molar-refractivity contribution in [2.24, 2.45) is 0 Å². The molecule has 94 valence electrons. The molecular weight excluding hydrogens is 334 g/mol. The fourth-order valence-electron chi connectivity index (χ4n) is 1.44. The molecule has 1 fully saturated rings. The molecule has 1 N–H and O–H groups in total. The van der Waals surface area contributed by atoms with Crippen molar-refractivity contribution < 1.29 is 18.4 Å². The number of hydrogen-bond donors (Lipinski definition) is 1. The van der Waals surface area contributed by atoms with Gasteiger partial charge >= 0.3 is 0 Å². The lowest BCUT2D eigenvalue weighted by Gasteiger charge is -2.16. The van der Waals surface area contributed by atoms with Crippen molar-refractivity contribution in [2.75, 3.05) is 13.2 Å². The maximum Gasteiger partial charge on any atom is 0.267 e. The zero-order valence-corrected chi connectivity index (χ0v) is 11.7. The maximum absolute atomic E-state index is 12.2. The summed E-state index contributed by atoms with van der Waals surface area (Å²) in [6.45, 7) is -0.138. The predicted molar refractivity (Wildman–Crippen MR) is 65.0 cm³/mol. The van der Waals surface area contributed by atoms with Gasteiger partial charge in [0, 0.05) is 4.47 Å². The summed E-state index contributed by atoms with van der Waals surface area (Å²) >= 11 is 9.01. The average Bonchev–Trinajstić information content (AvgIpc) is 2.64. The van der Waals surface area contributed by atoms with Gasteiger partial charge in [-0.3, -0.25) is 4.84 Å². The zero-order chi connectivity index (χ0) is 12.6. The lowest BCUT2D eigenvalue weighted by molar-refractivity contribution is -0.0317. The first-order valence-electron chi connectivity index (χ1n) is 4.70. The summed E-state index contributed by atoms with van der Waals surface area (Å²) in [5.41, 5.74) is 0. The van der Waals surface area contributed by atoms with Gasteiger partial charge < -0.3 is 5.11 Å². The van der Waals surface area contributed by atoms with Crippen LogP contribution >= 0.6 is 27.5 Å². The van der Waals surface area contributed by atoms with Crippen LogP contribution in [0.2, 0.25) is 5.02 Å². The van der Waals surface area contributed by atoms with Crippen molar-refractivity contribution in [3.8, 4) is 0 Å². The standard InChI is InChI=1S/C9H9BrClNO4S/c10-7-2-1-3-8(11)9(7)17(14,15)12-4-6(13)5-16-12/h1-3,6,13H,4-5H2. The summed E-state index contributed by atoms with van der Waals surface area (Å²) in [5, 5.41) is 9.37. The SMILES string of the molecule is O=S(=O)(c1c(Cl)cccc1Br)N1CC(O)CO1. The molecule has 1 aromatic rings. The van der Waals surface area contributed by atoms with Gasteiger partial charge in [0.1, 0.15) is 4.90 Å². The van der Waals surface area contributed by atoms with Gasteiger partial charge in [-0.25, -0.2) is 8.42 Å². The van der Waals surface area contributed by atoms with Crippen LogP contribution < -0.4 is 0 Å². The average molecular weight is 343 g/mol. The molecule has 0 bridgehead atoms. The third-order valence-electron chi connectivity index (χ3n) is 2.22. The molecule has 0 amide bonds. The van der Waals surface area contributed by atoms with Crippen LogP contribution in [0.3, 0.4) is 0 Å². The van der Waals surface area contributed by atoms with Crippen LogP contribution in [-0.2, 0) is 14.9 Å². The zero-order valence-electron chi connectivity index (χ0n) is 8.51. The first-order valence-corrected chi connectivity index (χ1v) is 7.32. The molecule has 1 atom stereocenters. The molecule has 17 heavy (non-hydrogen) atoms. The minimum atomic E-state index is -3.86. The molecule has 1 saturated heterocycles. The highest BCUT2D eigenvalue weighted by molar-refractivity contribution is 9.10. The monoisotopic (exact) mass is 341 g/mol. The first kappa shape index (κ1) is 13.3. The van der Waals surface area contributed by atoms with Crippen LogP contribution in [-0.4, -0.2) is 37.2 Å². The van der Waals surface area contributed by atoms with Crippen molar-refractivity contribution in [1.82, 2.24) is 4.47 Å². The van der Waals surface area contributed by atoms with Crippen LogP contribution in [0.5, 0.6) is 0 Å². The van der Waals surface area contributed by atoms with E-state index in [1.807, 2.05) is 0 Å². The largest absolute Gasteiger partial charge is 0.389 e. The second kappa shape index (κ2) is 4.83. The predicted octanol–water partition coefficient (Wildman–Crippen LogP) is 1.40. The number of hydrogen-bond acceptors (Lipinski definition) is 4. The molecule has 1 heterocycles. The quantitative estimate of drug-likeness (QED) is 0.882. The molecule has 5 nitrogen and oxygen atoms in total. The van der Waals surface area contributed by atoms with Crippen molar-refractivity contribution >= 4 is 37.6 Å². The second-order valence-corrected chi connectivity index (χ2v) is 6.52. The van der Waals surface area contributed by atoms with E-state index in [0.717, 1.165) is 4.47 Å². The Morgan fingerprint density at radius 3 is 2.76 bits per heavy atom. The Hall–Kier alpha value is -0.180. The van der Waals surface area contributed by atoms with Gasteiger partial charge in [-0.2, -0.15) is 0 Å². The highest BCUT2D eigenvalue weighted by atomic mass is 79.9. The maximum atomic E-state index is 12.2. The molecule has 1 aliphatic heterocycles. The normalized spacial score (nSPS) is 21.9. The third-order valence-corrected chi connectivity index (χ3v) is 5.31. The number of aliphatic hydroxyl groups excluding tert-OH is 1. The smallest absolute Gasteiger partial charge is 0.267 e. The van der Waals surface area contributed by atoms with Gasteiger partial charge in [0.15, 0.2) is 0 Å². The van der Waals surface area contributed by atoms with Gasteiger partial charge in [-0.15, -0.1) is 0 Å². The van der Waals surface area contributed by atoms with Crippen molar-refractivity contribution in [3.63, 3.8) is 0 Å². The summed E-state index contributed by atoms with van der Waals surface area (Å²) in [4.78, 5) is 4.85. The topological polar surface area (TPSA) is 66.8 Å². The van der Waals surface area contributed by atoms with Crippen LogP contribution in [0.25, 0.3) is 0 Å². The van der Waals surface area contributed by atoms with Crippen LogP contribution in [0, 0.1) is 0 Å². The Morgan fingerprint density at radius 2 is 2.24 bits per heavy atom. The third kappa shape index (κ3) is 2.49. The fraction of sp³-hybridized carbons (Fsp3) is 0.333. The molecule has 2 rings (SSSR count). The summed E-state index contributed by atoms with van der Waals surface area (Å²) in [6, 6.07) is 4.68. The minimum absolute atomic E-state index is 0.0404. The van der Waals surface area contributed by atoms with E-state index in [2.05, 4.69) is 15.9 Å². The summed E-state index contributed by atoms with van der Waals surface area (Å²) in [6.07, 6.45) is -0.814. The lowest BCUT2D eigenvalue weighted by Crippen LogP contribution is -2.29. The van der Waals surface area contributed by atoms with E-state index in [1.165, 1.54) is 6.07 Å². The Labute approximate surface area is 112 Å². The Balaban J connectivity index is 2.45. The molecular formula is C9H9BrClNO4S. The number of hydroxylamine groups is 1. The van der Waals surface area contributed by atoms with E-state index in [4.69, 9.17) is 16.4 Å². The number of nitrogens with zero attached hydrogens (tertiary/aromatic N) is 1. The van der Waals surface area contributed by atoms with Gasteiger partial charge in [0.25, 0.3) is 10.0 Å². The van der Waals surface area contributed by atoms with E-state index < -0.39 is 16.1 Å². The number of β-amino-alcohol motifs (C(OH)–C–C–N with tert-alkyl or cyclic N) is 1. The Bertz CT molecular complexity index is 516. The van der Waals surface area contributed by atoms with Crippen molar-refractivity contribution in [3.05, 3.63) is 27.7 Å². The van der Waals surface area contributed by atoms with E-state index in [0.29, 0.717) is 4.47 Å². The van der Waals surface area contributed by atoms with Crippen LogP contribution in [0.4, 0.5) is 0 Å². The minimum Gasteiger partial charge on any atom is -0.389 e. The van der Waals surface area contributed by atoms with Gasteiger partial charge in [0.05, 0.1) is 24.3 Å². The van der Waals surface area contributed by atoms with E-state index >= 15 is 0 Å². The van der Waals surface area contributed by atoms with E-state index in [-0.39, 0.29) is 23.1 Å². The highest BCUT2D eigenvalue weighted by Crippen LogP contribution is 2.32. The van der Waals surface area contributed by atoms with Crippen LogP contribution in [0.15, 0.2) is 27.6 Å². The van der Waals surface area contributed by atoms with Crippen molar-refractivity contribution in [2.45, 2.75) is 11.0 Å². The number of halogens is 2. The summed E-state index contributed by atoms with van der Waals surface area (Å²) in [7, 11) is -3.86. The van der Waals surface area contributed by atoms with E-state index in [9.17, 15) is 13.5 Å². The van der Waals surface area contributed by atoms with Crippen LogP contribution in [0.1, 0.15) is 0 Å². The Morgan fingerprint density at radius 1 is 1.53 bits per heavy atom. The van der Waals surface area contributed by atoms with Crippen molar-refractivity contribution in [1.29, 1.82) is 0 Å². The number of rotatable bonds is 2. The number of aliphatic hydroxyl groups is 1. The lowest BCUT2D eigenvalue weighted by atomic mass is 10.4. The number of sulfonamides is 1. The Kier molecular flexibility index (Phi) is 3.77. The molecule has 8 heteroatoms. The highest BCUT2D eigenvalue weighted by Gasteiger charge is 2.35. The first-order chi connectivity index (χ1) is 7.93. The molecule has 0 aliphatic carbocycles.